The van der Waals surface area contributed by atoms with E-state index in [9.17, 15) is 4.79 Å². The van der Waals surface area contributed by atoms with Crippen LogP contribution in [0.5, 0.6) is 5.75 Å². The van der Waals surface area contributed by atoms with Crippen molar-refractivity contribution in [2.24, 2.45) is 0 Å². The molecular weight excluding hydrogens is 226 g/mol. The van der Waals surface area contributed by atoms with E-state index < -0.39 is 0 Å². The summed E-state index contributed by atoms with van der Waals surface area (Å²) in [4.78, 5) is 10.8. The molecule has 0 fully saturated rings. The molecule has 18 heavy (non-hydrogen) atoms. The van der Waals surface area contributed by atoms with E-state index in [4.69, 9.17) is 4.74 Å². The Bertz CT molecular complexity index is 517. The van der Waals surface area contributed by atoms with Crippen molar-refractivity contribution in [3.8, 4) is 5.75 Å². The van der Waals surface area contributed by atoms with Crippen molar-refractivity contribution in [1.82, 2.24) is 4.57 Å². The lowest BCUT2D eigenvalue weighted by atomic mass is 10.1. The fraction of sp³-hybridized carbons (Fsp3) is 0.267. The Hall–Kier alpha value is -2.03. The molecule has 0 aliphatic rings. The first-order chi connectivity index (χ1) is 8.83. The van der Waals surface area contributed by atoms with E-state index in [2.05, 4.69) is 6.07 Å². The van der Waals surface area contributed by atoms with Crippen LogP contribution >= 0.6 is 0 Å². The highest BCUT2D eigenvalue weighted by molar-refractivity contribution is 5.72. The second-order valence-corrected chi connectivity index (χ2v) is 4.07. The third-order valence-corrected chi connectivity index (χ3v) is 2.84. The number of rotatable bonds is 6. The van der Waals surface area contributed by atoms with Crippen LogP contribution in [-0.4, -0.2) is 17.5 Å². The maximum absolute atomic E-state index is 10.8. The Kier molecular flexibility index (Phi) is 4.18. The second-order valence-electron chi connectivity index (χ2n) is 4.07. The van der Waals surface area contributed by atoms with Crippen molar-refractivity contribution >= 4 is 6.29 Å². The van der Waals surface area contributed by atoms with Crippen molar-refractivity contribution in [2.75, 3.05) is 6.61 Å². The molecule has 0 atom stereocenters. The lowest BCUT2D eigenvalue weighted by molar-refractivity contribution is 0.111. The second kappa shape index (κ2) is 6.05. The molecule has 0 N–H and O–H groups in total. The summed E-state index contributed by atoms with van der Waals surface area (Å²) in [6, 6.07) is 11.8. The van der Waals surface area contributed by atoms with Crippen molar-refractivity contribution in [2.45, 2.75) is 19.9 Å². The molecule has 1 aromatic carbocycles. The van der Waals surface area contributed by atoms with Crippen molar-refractivity contribution < 1.29 is 9.53 Å². The van der Waals surface area contributed by atoms with Crippen LogP contribution in [0.25, 0.3) is 0 Å². The average Bonchev–Trinajstić information content (AvgIpc) is 2.84. The number of hydrogen-bond acceptors (Lipinski definition) is 2. The van der Waals surface area contributed by atoms with Crippen LogP contribution in [0.4, 0.5) is 0 Å². The van der Waals surface area contributed by atoms with Crippen molar-refractivity contribution in [3.63, 3.8) is 0 Å². The van der Waals surface area contributed by atoms with E-state index in [1.54, 1.807) is 0 Å². The van der Waals surface area contributed by atoms with E-state index in [1.807, 2.05) is 48.0 Å². The molecule has 0 aliphatic carbocycles. The fourth-order valence-electron chi connectivity index (χ4n) is 1.94. The summed E-state index contributed by atoms with van der Waals surface area (Å²) in [6.45, 7) is 3.45. The van der Waals surface area contributed by atoms with Crippen LogP contribution in [0.2, 0.25) is 0 Å². The summed E-state index contributed by atoms with van der Waals surface area (Å²) < 4.78 is 7.42. The van der Waals surface area contributed by atoms with Gasteiger partial charge in [0, 0.05) is 12.7 Å². The van der Waals surface area contributed by atoms with Gasteiger partial charge in [-0.3, -0.25) is 4.79 Å². The normalized spacial score (nSPS) is 10.3. The minimum atomic E-state index is 0.677. The Morgan fingerprint density at radius 2 is 2.17 bits per heavy atom. The summed E-state index contributed by atoms with van der Waals surface area (Å²) in [5.41, 5.74) is 1.93. The maximum atomic E-state index is 10.8. The first-order valence-corrected chi connectivity index (χ1v) is 6.15. The van der Waals surface area contributed by atoms with Gasteiger partial charge in [-0.25, -0.2) is 0 Å². The smallest absolute Gasteiger partial charge is 0.166 e. The zero-order chi connectivity index (χ0) is 12.8. The number of ether oxygens (including phenoxy) is 1. The topological polar surface area (TPSA) is 31.2 Å². The van der Waals surface area contributed by atoms with Gasteiger partial charge in [-0.1, -0.05) is 12.1 Å². The van der Waals surface area contributed by atoms with Crippen LogP contribution in [0, 0.1) is 0 Å². The third kappa shape index (κ3) is 3.00. The van der Waals surface area contributed by atoms with Gasteiger partial charge in [0.2, 0.25) is 0 Å². The molecule has 0 radical (unpaired) electrons. The highest BCUT2D eigenvalue weighted by Crippen LogP contribution is 2.14. The number of nitrogens with zero attached hydrogens (tertiary/aromatic N) is 1. The van der Waals surface area contributed by atoms with Gasteiger partial charge in [0.05, 0.1) is 12.3 Å². The fourth-order valence-corrected chi connectivity index (χ4v) is 1.94. The van der Waals surface area contributed by atoms with Crippen LogP contribution in [-0.2, 0) is 13.0 Å². The number of hydrogen-bond donors (Lipinski definition) is 0. The molecule has 2 aromatic rings. The Labute approximate surface area is 107 Å². The van der Waals surface area contributed by atoms with Crippen LogP contribution in [0.1, 0.15) is 23.0 Å². The zero-order valence-corrected chi connectivity index (χ0v) is 10.5. The molecular formula is C15H17NO2. The maximum Gasteiger partial charge on any atom is 0.166 e. The Morgan fingerprint density at radius 3 is 2.94 bits per heavy atom. The number of aryl methyl sites for hydroxylation is 2. The number of carbonyl (C=O) groups excluding carboxylic acids is 1. The van der Waals surface area contributed by atoms with E-state index >= 15 is 0 Å². The molecule has 0 saturated heterocycles. The Balaban J connectivity index is 2.01. The number of aldehydes is 1. The van der Waals surface area contributed by atoms with E-state index in [0.717, 1.165) is 30.7 Å². The molecule has 0 spiro atoms. The lowest BCUT2D eigenvalue weighted by Gasteiger charge is -2.08. The van der Waals surface area contributed by atoms with Gasteiger partial charge >= 0.3 is 0 Å². The van der Waals surface area contributed by atoms with Crippen molar-refractivity contribution in [3.05, 3.63) is 53.9 Å². The Morgan fingerprint density at radius 1 is 1.28 bits per heavy atom. The summed E-state index contributed by atoms with van der Waals surface area (Å²) in [5.74, 6) is 0.901. The van der Waals surface area contributed by atoms with Gasteiger partial charge in [0.15, 0.2) is 6.29 Å². The molecule has 0 unspecified atom stereocenters. The zero-order valence-electron chi connectivity index (χ0n) is 10.5. The first kappa shape index (κ1) is 12.4. The van der Waals surface area contributed by atoms with Crippen LogP contribution in [0.3, 0.4) is 0 Å². The van der Waals surface area contributed by atoms with Crippen LogP contribution in [0.15, 0.2) is 42.6 Å². The van der Waals surface area contributed by atoms with Crippen LogP contribution < -0.4 is 4.74 Å². The van der Waals surface area contributed by atoms with Gasteiger partial charge in [-0.2, -0.15) is 0 Å². The molecule has 94 valence electrons. The SMILES string of the molecule is CCOc1cccc(CCn2cccc2C=O)c1. The number of benzene rings is 1. The van der Waals surface area contributed by atoms with Gasteiger partial charge in [0.25, 0.3) is 0 Å². The minimum absolute atomic E-state index is 0.677. The molecule has 0 amide bonds. The predicted molar refractivity (Wildman–Crippen MR) is 71.1 cm³/mol. The molecule has 1 aromatic heterocycles. The highest BCUT2D eigenvalue weighted by Gasteiger charge is 2.01. The van der Waals surface area contributed by atoms with Gasteiger partial charge in [-0.15, -0.1) is 0 Å². The lowest BCUT2D eigenvalue weighted by Crippen LogP contribution is -2.03. The molecule has 1 heterocycles. The molecule has 0 bridgehead atoms. The minimum Gasteiger partial charge on any atom is -0.494 e. The van der Waals surface area contributed by atoms with Gasteiger partial charge < -0.3 is 9.30 Å². The predicted octanol–water partition coefficient (Wildman–Crippen LogP) is 2.94. The molecule has 3 nitrogen and oxygen atoms in total. The summed E-state index contributed by atoms with van der Waals surface area (Å²) >= 11 is 0. The highest BCUT2D eigenvalue weighted by atomic mass is 16.5. The third-order valence-electron chi connectivity index (χ3n) is 2.84. The monoisotopic (exact) mass is 243 g/mol. The molecule has 0 saturated carbocycles. The van der Waals surface area contributed by atoms with Gasteiger partial charge in [-0.05, 0) is 43.2 Å². The largest absolute Gasteiger partial charge is 0.494 e. The standard InChI is InChI=1S/C15H17NO2/c1-2-18-15-7-3-5-13(11-15)8-10-16-9-4-6-14(16)12-17/h3-7,9,11-12H,2,8,10H2,1H3. The number of carbonyl (C=O) groups is 1. The van der Waals surface area contributed by atoms with E-state index in [-0.39, 0.29) is 0 Å². The average molecular weight is 243 g/mol. The van der Waals surface area contributed by atoms with E-state index in [0.29, 0.717) is 6.61 Å². The quantitative estimate of drug-likeness (QED) is 0.730. The number of aromatic nitrogens is 1. The van der Waals surface area contributed by atoms with Gasteiger partial charge in [0.1, 0.15) is 5.75 Å². The first-order valence-electron chi connectivity index (χ1n) is 6.15. The molecule has 0 aliphatic heterocycles. The van der Waals surface area contributed by atoms with E-state index in [1.165, 1.54) is 5.56 Å². The summed E-state index contributed by atoms with van der Waals surface area (Å²) in [7, 11) is 0. The van der Waals surface area contributed by atoms with Crippen molar-refractivity contribution in [1.29, 1.82) is 0 Å². The molecule has 3 heteroatoms. The summed E-state index contributed by atoms with van der Waals surface area (Å²) in [5, 5.41) is 0. The molecule has 2 rings (SSSR count). The summed E-state index contributed by atoms with van der Waals surface area (Å²) in [6.07, 6.45) is 3.70.